The van der Waals surface area contributed by atoms with Gasteiger partial charge in [-0.05, 0) is 64.8 Å². The van der Waals surface area contributed by atoms with Gasteiger partial charge in [0.1, 0.15) is 35.6 Å². The van der Waals surface area contributed by atoms with E-state index >= 15 is 4.39 Å². The molecule has 2 atom stereocenters. The molecule has 2 saturated heterocycles. The Kier molecular flexibility index (Phi) is 7.56. The van der Waals surface area contributed by atoms with Gasteiger partial charge in [0.2, 0.25) is 5.88 Å². The predicted molar refractivity (Wildman–Crippen MR) is 149 cm³/mol. The number of nitrogens with zero attached hydrogens (tertiary/aromatic N) is 4. The van der Waals surface area contributed by atoms with Gasteiger partial charge in [0.15, 0.2) is 12.4 Å². The number of aryl methyl sites for hydroxylation is 1. The van der Waals surface area contributed by atoms with E-state index in [1.54, 1.807) is 6.92 Å². The highest BCUT2D eigenvalue weighted by atomic mass is 79.9. The molecule has 14 heteroatoms. The minimum atomic E-state index is -4.72. The Morgan fingerprint density at radius 2 is 1.95 bits per heavy atom. The van der Waals surface area contributed by atoms with Gasteiger partial charge < -0.3 is 14.6 Å². The zero-order valence-electron chi connectivity index (χ0n) is 22.7. The van der Waals surface area contributed by atoms with Gasteiger partial charge in [0.05, 0.1) is 15.4 Å². The number of phenols is 1. The van der Waals surface area contributed by atoms with E-state index < -0.39 is 53.5 Å². The number of hydrogen-bond acceptors (Lipinski definition) is 7. The lowest BCUT2D eigenvalue weighted by molar-refractivity contribution is -0.153. The summed E-state index contributed by atoms with van der Waals surface area (Å²) < 4.78 is 95.7. The van der Waals surface area contributed by atoms with Gasteiger partial charge in [-0.3, -0.25) is 9.88 Å². The summed E-state index contributed by atoms with van der Waals surface area (Å²) in [7, 11) is 0. The fourth-order valence-electron chi connectivity index (χ4n) is 6.23. The van der Waals surface area contributed by atoms with Gasteiger partial charge in [-0.15, -0.1) is 0 Å². The molecule has 2 fully saturated rings. The molecule has 6 rings (SSSR count). The molecule has 2 aromatic heterocycles. The average Bonchev–Trinajstić information content (AvgIpc) is 3.48. The predicted octanol–water partition coefficient (Wildman–Crippen LogP) is 7.05. The molecule has 2 aliphatic rings. The van der Waals surface area contributed by atoms with Crippen LogP contribution in [0.15, 0.2) is 28.9 Å². The van der Waals surface area contributed by atoms with Gasteiger partial charge in [-0.2, -0.15) is 23.1 Å². The number of rotatable bonds is 7. The average molecular weight is 671 g/mol. The van der Waals surface area contributed by atoms with Crippen molar-refractivity contribution >= 4 is 37.6 Å². The Hall–Kier alpha value is -3.39. The molecular formula is C29H25BrF6N4O3. The van der Waals surface area contributed by atoms with E-state index in [9.17, 15) is 27.1 Å². The normalized spacial score (nSPS) is 20.7. The molecule has 228 valence electrons. The Balaban J connectivity index is 1.50. The van der Waals surface area contributed by atoms with Gasteiger partial charge >= 0.3 is 12.2 Å². The smallest absolute Gasteiger partial charge is 0.422 e. The lowest BCUT2D eigenvalue weighted by Crippen LogP contribution is -2.43. The van der Waals surface area contributed by atoms with Gasteiger partial charge in [0.25, 0.3) is 0 Å². The number of hydrogen-bond donors (Lipinski definition) is 1. The number of phenolic OH excluding ortho intramolecular Hbond substituents is 1. The number of alkyl halides is 4. The topological polar surface area (TPSA) is 80.6 Å². The van der Waals surface area contributed by atoms with Crippen LogP contribution in [0.3, 0.4) is 0 Å². The fourth-order valence-corrected chi connectivity index (χ4v) is 6.67. The largest absolute Gasteiger partial charge is 0.507 e. The van der Waals surface area contributed by atoms with Gasteiger partial charge in [-0.1, -0.05) is 13.0 Å². The van der Waals surface area contributed by atoms with Crippen molar-refractivity contribution in [3.8, 4) is 28.9 Å². The van der Waals surface area contributed by atoms with Crippen LogP contribution in [0.1, 0.15) is 31.7 Å². The van der Waals surface area contributed by atoms with Crippen molar-refractivity contribution in [3.05, 3.63) is 46.1 Å². The van der Waals surface area contributed by atoms with Crippen molar-refractivity contribution in [1.29, 1.82) is 0 Å². The first-order valence-corrected chi connectivity index (χ1v) is 14.4. The van der Waals surface area contributed by atoms with E-state index in [-0.39, 0.29) is 58.4 Å². The second kappa shape index (κ2) is 11.0. The monoisotopic (exact) mass is 670 g/mol. The third kappa shape index (κ3) is 5.32. The summed E-state index contributed by atoms with van der Waals surface area (Å²) in [6, 6.07) is 3.45. The molecule has 0 radical (unpaired) electrons. The summed E-state index contributed by atoms with van der Waals surface area (Å²) in [6.07, 6.45) is -2.78. The first kappa shape index (κ1) is 29.7. The molecule has 2 aliphatic heterocycles. The molecule has 0 amide bonds. The third-order valence-corrected chi connectivity index (χ3v) is 8.94. The maximum absolute atomic E-state index is 16.4. The zero-order chi connectivity index (χ0) is 30.7. The Labute approximate surface area is 250 Å². The van der Waals surface area contributed by atoms with E-state index in [0.29, 0.717) is 23.7 Å². The lowest BCUT2D eigenvalue weighted by atomic mass is 9.94. The van der Waals surface area contributed by atoms with Crippen LogP contribution >= 0.6 is 15.9 Å². The Bertz CT molecular complexity index is 1740. The van der Waals surface area contributed by atoms with Crippen molar-refractivity contribution in [2.24, 2.45) is 0 Å². The molecule has 0 spiro atoms. The van der Waals surface area contributed by atoms with Gasteiger partial charge in [-0.25, -0.2) is 13.2 Å². The molecule has 4 aromatic rings. The number of benzene rings is 2. The molecule has 4 heterocycles. The van der Waals surface area contributed by atoms with E-state index in [4.69, 9.17) is 9.47 Å². The highest BCUT2D eigenvalue weighted by Gasteiger charge is 2.49. The standard InChI is InChI=1S/C29H25BrF6N4O3/c1-2-15-19(32)5-4-16-21(15)17(8-20(41)22(16)30)24-23(33)25-18(10-37-24)26(42-13-29(34,35)36)39-27(38-25)43-12-28-6-3-7-40(28)11-14(31)9-28/h4-5,8,10,14,41H,2-3,6-7,9,11-13H2,1H3/t14-,28+/m1/s1. The molecule has 0 unspecified atom stereocenters. The SMILES string of the molecule is CCc1c(F)ccc2c(Br)c(O)cc(-c3ncc4c(OCC(F)(F)F)nc(OC[C@@]56CCCN5C[C@H](F)C6)nc4c3F)c12. The molecule has 7 nitrogen and oxygen atoms in total. The van der Waals surface area contributed by atoms with Crippen LogP contribution in [-0.4, -0.2) is 69.1 Å². The summed E-state index contributed by atoms with van der Waals surface area (Å²) in [6.45, 7) is 0.878. The number of aromatic hydroxyl groups is 1. The lowest BCUT2D eigenvalue weighted by Gasteiger charge is -2.30. The second-order valence-corrected chi connectivity index (χ2v) is 11.6. The van der Waals surface area contributed by atoms with Crippen LogP contribution in [0.25, 0.3) is 32.9 Å². The molecule has 0 aliphatic carbocycles. The van der Waals surface area contributed by atoms with Crippen molar-refractivity contribution in [2.45, 2.75) is 50.5 Å². The van der Waals surface area contributed by atoms with E-state index in [2.05, 4.69) is 30.9 Å². The quantitative estimate of drug-likeness (QED) is 0.211. The fraction of sp³-hybridized carbons (Fsp3) is 0.414. The Morgan fingerprint density at radius 3 is 2.70 bits per heavy atom. The van der Waals surface area contributed by atoms with E-state index in [0.717, 1.165) is 12.6 Å². The number of fused-ring (bicyclic) bond motifs is 3. The second-order valence-electron chi connectivity index (χ2n) is 10.8. The maximum Gasteiger partial charge on any atom is 0.422 e. The summed E-state index contributed by atoms with van der Waals surface area (Å²) in [4.78, 5) is 14.3. The van der Waals surface area contributed by atoms with Crippen LogP contribution in [0.4, 0.5) is 26.3 Å². The van der Waals surface area contributed by atoms with Crippen molar-refractivity contribution < 1.29 is 40.9 Å². The van der Waals surface area contributed by atoms with Crippen molar-refractivity contribution in [2.75, 3.05) is 26.3 Å². The van der Waals surface area contributed by atoms with Crippen molar-refractivity contribution in [3.63, 3.8) is 0 Å². The third-order valence-electron chi connectivity index (χ3n) is 8.11. The van der Waals surface area contributed by atoms with Crippen LogP contribution in [0.2, 0.25) is 0 Å². The first-order valence-electron chi connectivity index (χ1n) is 13.6. The molecule has 0 bridgehead atoms. The molecular weight excluding hydrogens is 646 g/mol. The van der Waals surface area contributed by atoms with Crippen molar-refractivity contribution in [1.82, 2.24) is 19.9 Å². The minimum Gasteiger partial charge on any atom is -0.507 e. The highest BCUT2D eigenvalue weighted by Crippen LogP contribution is 2.44. The van der Waals surface area contributed by atoms with Crippen LogP contribution in [0.5, 0.6) is 17.6 Å². The van der Waals surface area contributed by atoms with Gasteiger partial charge in [0, 0.05) is 30.1 Å². The van der Waals surface area contributed by atoms with Crippen LogP contribution in [-0.2, 0) is 6.42 Å². The summed E-state index contributed by atoms with van der Waals surface area (Å²) >= 11 is 3.29. The Morgan fingerprint density at radius 1 is 1.16 bits per heavy atom. The summed E-state index contributed by atoms with van der Waals surface area (Å²) in [5.74, 6) is -2.48. The first-order chi connectivity index (χ1) is 20.4. The molecule has 43 heavy (non-hydrogen) atoms. The van der Waals surface area contributed by atoms with Crippen LogP contribution in [0, 0.1) is 11.6 Å². The summed E-state index contributed by atoms with van der Waals surface area (Å²) in [5, 5.41) is 11.0. The van der Waals surface area contributed by atoms with E-state index in [1.165, 1.54) is 18.2 Å². The summed E-state index contributed by atoms with van der Waals surface area (Å²) in [5.41, 5.74) is -1.11. The molecule has 1 N–H and O–H groups in total. The number of halogens is 7. The van der Waals surface area contributed by atoms with Crippen LogP contribution < -0.4 is 9.47 Å². The number of pyridine rings is 1. The maximum atomic E-state index is 16.4. The zero-order valence-corrected chi connectivity index (χ0v) is 24.3. The highest BCUT2D eigenvalue weighted by molar-refractivity contribution is 9.10. The molecule has 0 saturated carbocycles. The van der Waals surface area contributed by atoms with E-state index in [1.807, 2.05) is 4.90 Å². The number of aromatic nitrogens is 3. The number of ether oxygens (including phenoxy) is 2. The molecule has 2 aromatic carbocycles. The minimum absolute atomic E-state index is 0.0470.